The lowest BCUT2D eigenvalue weighted by Crippen LogP contribution is -2.22. The fourth-order valence-corrected chi connectivity index (χ4v) is 3.32. The molecular formula is C21H21N7O2. The highest BCUT2D eigenvalue weighted by molar-refractivity contribution is 5.94. The van der Waals surface area contributed by atoms with Gasteiger partial charge in [-0.25, -0.2) is 14.6 Å². The van der Waals surface area contributed by atoms with Crippen molar-refractivity contribution < 1.29 is 9.90 Å². The summed E-state index contributed by atoms with van der Waals surface area (Å²) in [5.74, 6) is -0.218. The first-order valence-electron chi connectivity index (χ1n) is 9.34. The second-order valence-electron chi connectivity index (χ2n) is 7.05. The minimum Gasteiger partial charge on any atom is -0.382 e. The highest BCUT2D eigenvalue weighted by Crippen LogP contribution is 2.27. The van der Waals surface area contributed by atoms with Gasteiger partial charge in [-0.1, -0.05) is 6.07 Å². The number of nitrogen functional groups attached to an aromatic ring is 1. The zero-order valence-corrected chi connectivity index (χ0v) is 16.8. The lowest BCUT2D eigenvalue weighted by atomic mass is 10.1. The van der Waals surface area contributed by atoms with Crippen molar-refractivity contribution in [2.45, 2.75) is 26.9 Å². The molecule has 4 rings (SSSR count). The number of aliphatic hydroxyl groups is 1. The van der Waals surface area contributed by atoms with Crippen molar-refractivity contribution in [3.8, 4) is 5.69 Å². The second kappa shape index (κ2) is 7.53. The number of carbonyl (C=O) groups excluding carboxylic acids is 1. The maximum Gasteiger partial charge on any atom is 0.259 e. The Kier molecular flexibility index (Phi) is 4.88. The van der Waals surface area contributed by atoms with Crippen LogP contribution >= 0.6 is 0 Å². The van der Waals surface area contributed by atoms with Crippen LogP contribution in [0.5, 0.6) is 0 Å². The minimum atomic E-state index is -1.36. The summed E-state index contributed by atoms with van der Waals surface area (Å²) in [7, 11) is 0. The molecule has 4 aromatic rings. The van der Waals surface area contributed by atoms with E-state index in [1.165, 1.54) is 6.33 Å². The monoisotopic (exact) mass is 403 g/mol. The van der Waals surface area contributed by atoms with Gasteiger partial charge in [0.2, 0.25) is 0 Å². The van der Waals surface area contributed by atoms with Crippen molar-refractivity contribution in [2.24, 2.45) is 0 Å². The zero-order chi connectivity index (χ0) is 21.4. The molecule has 4 N–H and O–H groups in total. The highest BCUT2D eigenvalue weighted by atomic mass is 16.3. The maximum atomic E-state index is 12.5. The van der Waals surface area contributed by atoms with Crippen LogP contribution in [0.4, 0.5) is 11.5 Å². The minimum absolute atomic E-state index is 0.301. The fraction of sp³-hybridized carbons (Fsp3) is 0.190. The summed E-state index contributed by atoms with van der Waals surface area (Å²) in [6.45, 7) is 5.55. The van der Waals surface area contributed by atoms with Crippen LogP contribution in [0.2, 0.25) is 0 Å². The van der Waals surface area contributed by atoms with Crippen LogP contribution in [-0.4, -0.2) is 35.7 Å². The molecule has 3 heterocycles. The predicted octanol–water partition coefficient (Wildman–Crippen LogP) is 2.39. The van der Waals surface area contributed by atoms with Gasteiger partial charge in [0.15, 0.2) is 11.9 Å². The molecule has 30 heavy (non-hydrogen) atoms. The number of nitrogens with two attached hydrogens (primary N) is 1. The van der Waals surface area contributed by atoms with E-state index in [4.69, 9.17) is 5.73 Å². The number of benzene rings is 1. The Labute approximate surface area is 172 Å². The smallest absolute Gasteiger partial charge is 0.259 e. The van der Waals surface area contributed by atoms with E-state index in [-0.39, 0.29) is 0 Å². The molecule has 0 bridgehead atoms. The summed E-state index contributed by atoms with van der Waals surface area (Å²) >= 11 is 0. The Bertz CT molecular complexity index is 1270. The van der Waals surface area contributed by atoms with Crippen molar-refractivity contribution in [1.29, 1.82) is 0 Å². The summed E-state index contributed by atoms with van der Waals surface area (Å²) in [5.41, 5.74) is 11.3. The number of rotatable bonds is 4. The standard InChI is InChI=1S/C21H21N7O2/c1-11-9-14(26-21(30)19(29)15-6-4-5-12(2)25-15)7-8-16(11)28-18-17(13(3)27-28)23-10-24-20(18)22/h4-10,19,29H,1-3H3,(H,26,30)(H2,22,23,24)/t19-/m1/s1. The van der Waals surface area contributed by atoms with Gasteiger partial charge in [-0.2, -0.15) is 5.10 Å². The Balaban J connectivity index is 1.62. The zero-order valence-electron chi connectivity index (χ0n) is 16.8. The van der Waals surface area contributed by atoms with Gasteiger partial charge in [-0.15, -0.1) is 0 Å². The number of aliphatic hydroxyl groups excluding tert-OH is 1. The maximum absolute atomic E-state index is 12.5. The SMILES string of the molecule is Cc1cccc([C@@H](O)C(=O)Nc2ccc(-n3nc(C)c4ncnc(N)c43)c(C)c2)n1. The molecule has 0 aliphatic rings. The molecule has 0 fully saturated rings. The molecule has 0 aliphatic heterocycles. The summed E-state index contributed by atoms with van der Waals surface area (Å²) in [6.07, 6.45) is 0.0517. The van der Waals surface area contributed by atoms with E-state index in [1.54, 1.807) is 41.9 Å². The van der Waals surface area contributed by atoms with Gasteiger partial charge in [0.25, 0.3) is 5.91 Å². The lowest BCUT2D eigenvalue weighted by molar-refractivity contribution is -0.124. The molecule has 0 aliphatic carbocycles. The average molecular weight is 403 g/mol. The first kappa shape index (κ1) is 19.5. The number of pyridine rings is 1. The number of hydrogen-bond acceptors (Lipinski definition) is 7. The van der Waals surface area contributed by atoms with Crippen LogP contribution < -0.4 is 11.1 Å². The van der Waals surface area contributed by atoms with Gasteiger partial charge < -0.3 is 16.2 Å². The number of amides is 1. The number of nitrogens with zero attached hydrogens (tertiary/aromatic N) is 5. The Morgan fingerprint density at radius 3 is 2.70 bits per heavy atom. The van der Waals surface area contributed by atoms with E-state index in [2.05, 4.69) is 25.4 Å². The normalized spacial score (nSPS) is 12.1. The van der Waals surface area contributed by atoms with Crippen LogP contribution in [0.1, 0.15) is 28.7 Å². The molecular weight excluding hydrogens is 382 g/mol. The Hall–Kier alpha value is -3.85. The van der Waals surface area contributed by atoms with Gasteiger partial charge in [-0.05, 0) is 56.7 Å². The molecule has 0 radical (unpaired) electrons. The van der Waals surface area contributed by atoms with Crippen LogP contribution in [0.3, 0.4) is 0 Å². The third kappa shape index (κ3) is 3.46. The molecule has 9 heteroatoms. The van der Waals surface area contributed by atoms with Crippen LogP contribution in [-0.2, 0) is 4.79 Å². The predicted molar refractivity (Wildman–Crippen MR) is 113 cm³/mol. The third-order valence-corrected chi connectivity index (χ3v) is 4.79. The molecule has 1 aromatic carbocycles. The molecule has 3 aromatic heterocycles. The Morgan fingerprint density at radius 1 is 1.17 bits per heavy atom. The lowest BCUT2D eigenvalue weighted by Gasteiger charge is -2.14. The van der Waals surface area contributed by atoms with Gasteiger partial charge >= 0.3 is 0 Å². The molecule has 0 unspecified atom stereocenters. The Morgan fingerprint density at radius 2 is 1.97 bits per heavy atom. The molecule has 1 atom stereocenters. The van der Waals surface area contributed by atoms with E-state index in [9.17, 15) is 9.90 Å². The van der Waals surface area contributed by atoms with Gasteiger partial charge in [0, 0.05) is 11.4 Å². The van der Waals surface area contributed by atoms with Crippen LogP contribution in [0.25, 0.3) is 16.7 Å². The van der Waals surface area contributed by atoms with E-state index in [1.807, 2.05) is 19.9 Å². The second-order valence-corrected chi connectivity index (χ2v) is 7.05. The first-order valence-corrected chi connectivity index (χ1v) is 9.34. The molecule has 1 amide bonds. The van der Waals surface area contributed by atoms with Crippen molar-refractivity contribution in [3.63, 3.8) is 0 Å². The van der Waals surface area contributed by atoms with E-state index in [0.29, 0.717) is 28.2 Å². The number of fused-ring (bicyclic) bond motifs is 1. The van der Waals surface area contributed by atoms with Crippen molar-refractivity contribution >= 4 is 28.4 Å². The molecule has 9 nitrogen and oxygen atoms in total. The van der Waals surface area contributed by atoms with E-state index in [0.717, 1.165) is 22.6 Å². The average Bonchev–Trinajstić information content (AvgIpc) is 3.05. The van der Waals surface area contributed by atoms with Crippen molar-refractivity contribution in [1.82, 2.24) is 24.7 Å². The number of hydrogen-bond donors (Lipinski definition) is 3. The first-order chi connectivity index (χ1) is 14.3. The van der Waals surface area contributed by atoms with Gasteiger partial charge in [0.05, 0.1) is 17.1 Å². The number of anilines is 2. The summed E-state index contributed by atoms with van der Waals surface area (Å²) in [6, 6.07) is 10.5. The van der Waals surface area contributed by atoms with E-state index >= 15 is 0 Å². The number of aromatic nitrogens is 5. The van der Waals surface area contributed by atoms with Crippen molar-refractivity contribution in [3.05, 3.63) is 65.4 Å². The topological polar surface area (TPSA) is 132 Å². The fourth-order valence-electron chi connectivity index (χ4n) is 3.32. The molecule has 0 spiro atoms. The molecule has 0 saturated heterocycles. The van der Waals surface area contributed by atoms with Crippen molar-refractivity contribution in [2.75, 3.05) is 11.1 Å². The van der Waals surface area contributed by atoms with E-state index < -0.39 is 12.0 Å². The third-order valence-electron chi connectivity index (χ3n) is 4.79. The molecule has 152 valence electrons. The van der Waals surface area contributed by atoms with Crippen LogP contribution in [0.15, 0.2) is 42.7 Å². The number of nitrogens with one attached hydrogen (secondary N) is 1. The summed E-state index contributed by atoms with van der Waals surface area (Å²) < 4.78 is 1.70. The summed E-state index contributed by atoms with van der Waals surface area (Å²) in [5, 5.41) is 17.6. The molecule has 0 saturated carbocycles. The highest BCUT2D eigenvalue weighted by Gasteiger charge is 2.20. The van der Waals surface area contributed by atoms with Crippen LogP contribution in [0, 0.1) is 20.8 Å². The number of aryl methyl sites for hydroxylation is 3. The van der Waals surface area contributed by atoms with Gasteiger partial charge in [-0.3, -0.25) is 9.78 Å². The number of carbonyl (C=O) groups is 1. The van der Waals surface area contributed by atoms with Gasteiger partial charge in [0.1, 0.15) is 17.4 Å². The summed E-state index contributed by atoms with van der Waals surface area (Å²) in [4.78, 5) is 25.0. The largest absolute Gasteiger partial charge is 0.382 e. The quantitative estimate of drug-likeness (QED) is 0.477.